The molecule has 4 N–H and O–H groups in total. The summed E-state index contributed by atoms with van der Waals surface area (Å²) in [6.07, 6.45) is 1.67. The van der Waals surface area contributed by atoms with Crippen LogP contribution in [0.2, 0.25) is 0 Å². The lowest BCUT2D eigenvalue weighted by Gasteiger charge is -2.20. The van der Waals surface area contributed by atoms with Crippen LogP contribution in [-0.4, -0.2) is 12.0 Å². The maximum atomic E-state index is 5.91. The van der Waals surface area contributed by atoms with Gasteiger partial charge in [-0.25, -0.2) is 4.98 Å². The van der Waals surface area contributed by atoms with Gasteiger partial charge in [0.1, 0.15) is 0 Å². The number of hydrogen-bond acceptors (Lipinski definition) is 4. The van der Waals surface area contributed by atoms with E-state index in [2.05, 4.69) is 17.1 Å². The van der Waals surface area contributed by atoms with Gasteiger partial charge in [0.25, 0.3) is 0 Å². The van der Waals surface area contributed by atoms with E-state index >= 15 is 0 Å². The third-order valence-electron chi connectivity index (χ3n) is 2.63. The van der Waals surface area contributed by atoms with E-state index in [0.29, 0.717) is 17.2 Å². The molecule has 2 rings (SSSR count). The first-order chi connectivity index (χ1) is 8.18. The number of aromatic nitrogens is 1. The summed E-state index contributed by atoms with van der Waals surface area (Å²) in [7, 11) is 1.95. The minimum Gasteiger partial charge on any atom is -0.397 e. The molecule has 0 aliphatic rings. The quantitative estimate of drug-likeness (QED) is 0.841. The van der Waals surface area contributed by atoms with E-state index in [-0.39, 0.29) is 0 Å². The molecule has 0 aliphatic heterocycles. The molecule has 1 aromatic carbocycles. The molecule has 0 fully saturated rings. The van der Waals surface area contributed by atoms with Gasteiger partial charge in [0, 0.05) is 19.8 Å². The molecule has 0 radical (unpaired) electrons. The fourth-order valence-electron chi connectivity index (χ4n) is 1.71. The molecule has 0 saturated heterocycles. The van der Waals surface area contributed by atoms with Gasteiger partial charge in [-0.15, -0.1) is 0 Å². The number of nitrogen functional groups attached to an aromatic ring is 2. The average Bonchev–Trinajstić information content (AvgIpc) is 2.34. The van der Waals surface area contributed by atoms with E-state index in [1.807, 2.05) is 30.1 Å². The predicted octanol–water partition coefficient (Wildman–Crippen LogP) is 1.88. The van der Waals surface area contributed by atoms with Crippen molar-refractivity contribution in [1.82, 2.24) is 4.98 Å². The summed E-state index contributed by atoms with van der Waals surface area (Å²) in [5.41, 5.74) is 14.0. The molecule has 0 unspecified atom stereocenters. The molecule has 88 valence electrons. The third kappa shape index (κ3) is 2.47. The first-order valence-electron chi connectivity index (χ1n) is 5.43. The van der Waals surface area contributed by atoms with Crippen LogP contribution in [0, 0.1) is 0 Å². The van der Waals surface area contributed by atoms with Crippen molar-refractivity contribution < 1.29 is 0 Å². The number of nitrogens with two attached hydrogens (primary N) is 2. The summed E-state index contributed by atoms with van der Waals surface area (Å²) >= 11 is 0. The Balaban J connectivity index is 2.20. The van der Waals surface area contributed by atoms with E-state index in [1.165, 1.54) is 5.56 Å². The van der Waals surface area contributed by atoms with E-state index in [0.717, 1.165) is 6.54 Å². The van der Waals surface area contributed by atoms with Crippen molar-refractivity contribution in [1.29, 1.82) is 0 Å². The highest BCUT2D eigenvalue weighted by Crippen LogP contribution is 2.25. The van der Waals surface area contributed by atoms with Crippen molar-refractivity contribution in [2.24, 2.45) is 0 Å². The minimum absolute atomic E-state index is 0.533. The fraction of sp³-hybridized carbons (Fsp3) is 0.154. The molecule has 0 atom stereocenters. The molecule has 0 bridgehead atoms. The largest absolute Gasteiger partial charge is 0.397 e. The second kappa shape index (κ2) is 4.74. The zero-order valence-corrected chi connectivity index (χ0v) is 9.80. The zero-order valence-electron chi connectivity index (χ0n) is 9.80. The molecule has 0 aliphatic carbocycles. The van der Waals surface area contributed by atoms with Gasteiger partial charge in [-0.1, -0.05) is 30.3 Å². The van der Waals surface area contributed by atoms with Gasteiger partial charge in [-0.3, -0.25) is 0 Å². The summed E-state index contributed by atoms with van der Waals surface area (Å²) in [6, 6.07) is 11.9. The highest BCUT2D eigenvalue weighted by molar-refractivity contribution is 5.75. The molecule has 1 heterocycles. The molecule has 2 aromatic rings. The molecule has 0 spiro atoms. The SMILES string of the molecule is CN(Cc1ccccc1)c1nccc(N)c1N. The maximum absolute atomic E-state index is 5.91. The number of nitrogens with zero attached hydrogens (tertiary/aromatic N) is 2. The maximum Gasteiger partial charge on any atom is 0.153 e. The predicted molar refractivity (Wildman–Crippen MR) is 71.6 cm³/mol. The van der Waals surface area contributed by atoms with Crippen LogP contribution in [0.1, 0.15) is 5.56 Å². The first kappa shape index (κ1) is 11.3. The normalized spacial score (nSPS) is 10.2. The Kier molecular flexibility index (Phi) is 3.14. The van der Waals surface area contributed by atoms with Crippen molar-refractivity contribution in [3.05, 3.63) is 48.2 Å². The Morgan fingerprint density at radius 3 is 2.53 bits per heavy atom. The highest BCUT2D eigenvalue weighted by Gasteiger charge is 2.09. The third-order valence-corrected chi connectivity index (χ3v) is 2.63. The number of anilines is 3. The standard InChI is InChI=1S/C13H16N4/c1-17(9-10-5-3-2-4-6-10)13-12(15)11(14)7-8-16-13/h2-8H,9,15H2,1H3,(H2,14,16). The van der Waals surface area contributed by atoms with Crippen molar-refractivity contribution >= 4 is 17.2 Å². The van der Waals surface area contributed by atoms with Crippen LogP contribution in [0.4, 0.5) is 17.2 Å². The average molecular weight is 228 g/mol. The van der Waals surface area contributed by atoms with Crippen molar-refractivity contribution in [3.63, 3.8) is 0 Å². The summed E-state index contributed by atoms with van der Waals surface area (Å²) in [5, 5.41) is 0. The number of pyridine rings is 1. The van der Waals surface area contributed by atoms with E-state index in [1.54, 1.807) is 12.3 Å². The van der Waals surface area contributed by atoms with Crippen molar-refractivity contribution in [2.75, 3.05) is 23.4 Å². The Morgan fingerprint density at radius 2 is 1.82 bits per heavy atom. The molecular weight excluding hydrogens is 212 g/mol. The van der Waals surface area contributed by atoms with Gasteiger partial charge in [0.15, 0.2) is 5.82 Å². The zero-order chi connectivity index (χ0) is 12.3. The lowest BCUT2D eigenvalue weighted by molar-refractivity contribution is 0.901. The smallest absolute Gasteiger partial charge is 0.153 e. The molecule has 4 heteroatoms. The van der Waals surface area contributed by atoms with E-state index in [4.69, 9.17) is 11.5 Å². The van der Waals surface area contributed by atoms with E-state index in [9.17, 15) is 0 Å². The van der Waals surface area contributed by atoms with Crippen molar-refractivity contribution in [3.8, 4) is 0 Å². The first-order valence-corrected chi connectivity index (χ1v) is 5.43. The Bertz CT molecular complexity index is 496. The molecule has 0 saturated carbocycles. The molecule has 1 aromatic heterocycles. The number of benzene rings is 1. The topological polar surface area (TPSA) is 68.2 Å². The van der Waals surface area contributed by atoms with Crippen molar-refractivity contribution in [2.45, 2.75) is 6.54 Å². The second-order valence-electron chi connectivity index (χ2n) is 3.98. The van der Waals surface area contributed by atoms with Crippen LogP contribution in [0.25, 0.3) is 0 Å². The van der Waals surface area contributed by atoms with Gasteiger partial charge >= 0.3 is 0 Å². The fourth-order valence-corrected chi connectivity index (χ4v) is 1.71. The van der Waals surface area contributed by atoms with Crippen LogP contribution in [-0.2, 0) is 6.54 Å². The summed E-state index contributed by atoms with van der Waals surface area (Å²) in [4.78, 5) is 6.24. The molecule has 4 nitrogen and oxygen atoms in total. The highest BCUT2D eigenvalue weighted by atomic mass is 15.2. The molecule has 17 heavy (non-hydrogen) atoms. The Labute approximate surface area is 101 Å². The van der Waals surface area contributed by atoms with Crippen LogP contribution in [0.15, 0.2) is 42.6 Å². The van der Waals surface area contributed by atoms with Crippen LogP contribution in [0.3, 0.4) is 0 Å². The number of rotatable bonds is 3. The monoisotopic (exact) mass is 228 g/mol. The Morgan fingerprint density at radius 1 is 1.12 bits per heavy atom. The van der Waals surface area contributed by atoms with Gasteiger partial charge in [-0.05, 0) is 11.6 Å². The lowest BCUT2D eigenvalue weighted by Crippen LogP contribution is -2.19. The summed E-state index contributed by atoms with van der Waals surface area (Å²) in [6.45, 7) is 0.751. The Hall–Kier alpha value is -2.23. The van der Waals surface area contributed by atoms with E-state index < -0.39 is 0 Å². The minimum atomic E-state index is 0.533. The van der Waals surface area contributed by atoms with Gasteiger partial charge < -0.3 is 16.4 Å². The van der Waals surface area contributed by atoms with Crippen LogP contribution in [0.5, 0.6) is 0 Å². The second-order valence-corrected chi connectivity index (χ2v) is 3.98. The van der Waals surface area contributed by atoms with Gasteiger partial charge in [0.05, 0.1) is 11.4 Å². The van der Waals surface area contributed by atoms with Crippen LogP contribution >= 0.6 is 0 Å². The number of hydrogen-bond donors (Lipinski definition) is 2. The van der Waals surface area contributed by atoms with Gasteiger partial charge in [-0.2, -0.15) is 0 Å². The van der Waals surface area contributed by atoms with Gasteiger partial charge in [0.2, 0.25) is 0 Å². The molecular formula is C13H16N4. The summed E-state index contributed by atoms with van der Waals surface area (Å²) < 4.78 is 0. The van der Waals surface area contributed by atoms with Crippen LogP contribution < -0.4 is 16.4 Å². The summed E-state index contributed by atoms with van der Waals surface area (Å²) in [5.74, 6) is 0.717. The lowest BCUT2D eigenvalue weighted by atomic mass is 10.2. The molecule has 0 amide bonds.